The molecule has 1 saturated carbocycles. The van der Waals surface area contributed by atoms with Gasteiger partial charge in [0.1, 0.15) is 11.3 Å². The largest absolute Gasteiger partial charge is 0.350 e. The van der Waals surface area contributed by atoms with Gasteiger partial charge in [-0.25, -0.2) is 19.5 Å². The van der Waals surface area contributed by atoms with Gasteiger partial charge in [-0.1, -0.05) is 0 Å². The zero-order valence-corrected chi connectivity index (χ0v) is 16.6. The summed E-state index contributed by atoms with van der Waals surface area (Å²) in [6, 6.07) is 7.15. The first-order valence-electron chi connectivity index (χ1n) is 9.57. The molecule has 1 N–H and O–H groups in total. The van der Waals surface area contributed by atoms with E-state index >= 15 is 0 Å². The number of rotatable bonds is 4. The molecule has 4 aromatic rings. The van der Waals surface area contributed by atoms with Crippen LogP contribution in [-0.2, 0) is 7.05 Å². The summed E-state index contributed by atoms with van der Waals surface area (Å²) in [7, 11) is 6.24. The lowest BCUT2D eigenvalue weighted by Gasteiger charge is -2.39. The molecule has 28 heavy (non-hydrogen) atoms. The molecule has 0 aromatic carbocycles. The average Bonchev–Trinajstić information content (AvgIpc) is 3.18. The lowest BCUT2D eigenvalue weighted by Crippen LogP contribution is -2.47. The predicted molar refractivity (Wildman–Crippen MR) is 109 cm³/mol. The van der Waals surface area contributed by atoms with Gasteiger partial charge in [0.2, 0.25) is 5.95 Å². The molecule has 5 rings (SSSR count). The van der Waals surface area contributed by atoms with E-state index in [0.717, 1.165) is 46.6 Å². The summed E-state index contributed by atoms with van der Waals surface area (Å²) >= 11 is 0. The Morgan fingerprint density at radius 1 is 1.14 bits per heavy atom. The quantitative estimate of drug-likeness (QED) is 0.590. The molecule has 0 atom stereocenters. The molecule has 4 heterocycles. The summed E-state index contributed by atoms with van der Waals surface area (Å²) in [5.74, 6) is 1.62. The van der Waals surface area contributed by atoms with Crippen LogP contribution in [0.2, 0.25) is 0 Å². The van der Waals surface area contributed by atoms with Gasteiger partial charge in [0.15, 0.2) is 5.65 Å². The molecular weight excluding hydrogens is 352 g/mol. The Bertz CT molecular complexity index is 1170. The Kier molecular flexibility index (Phi) is 3.83. The minimum Gasteiger partial charge on any atom is -0.350 e. The second-order valence-electron chi connectivity index (χ2n) is 7.83. The first-order valence-corrected chi connectivity index (χ1v) is 9.57. The monoisotopic (exact) mass is 376 g/mol. The molecule has 0 radical (unpaired) electrons. The van der Waals surface area contributed by atoms with Crippen LogP contribution in [0.25, 0.3) is 27.9 Å². The number of anilines is 1. The van der Waals surface area contributed by atoms with Crippen molar-refractivity contribution in [3.05, 3.63) is 36.4 Å². The third-order valence-corrected chi connectivity index (χ3v) is 5.81. The van der Waals surface area contributed by atoms with Crippen LogP contribution in [-0.4, -0.2) is 60.2 Å². The lowest BCUT2D eigenvalue weighted by molar-refractivity contribution is 0.177. The van der Waals surface area contributed by atoms with Crippen molar-refractivity contribution in [3.8, 4) is 11.3 Å². The average molecular weight is 376 g/mol. The maximum atomic E-state index is 4.82. The predicted octanol–water partition coefficient (Wildman–Crippen LogP) is 2.49. The van der Waals surface area contributed by atoms with Crippen molar-refractivity contribution in [2.45, 2.75) is 31.8 Å². The highest BCUT2D eigenvalue weighted by Gasteiger charge is 2.31. The molecule has 1 fully saturated rings. The molecule has 8 nitrogen and oxygen atoms in total. The Balaban J connectivity index is 1.43. The van der Waals surface area contributed by atoms with Crippen LogP contribution in [0.3, 0.4) is 0 Å². The van der Waals surface area contributed by atoms with Crippen LogP contribution >= 0.6 is 0 Å². The van der Waals surface area contributed by atoms with Crippen LogP contribution in [0.4, 0.5) is 5.95 Å². The molecule has 0 aliphatic heterocycles. The number of aromatic nitrogens is 6. The maximum Gasteiger partial charge on any atom is 0.241 e. The zero-order chi connectivity index (χ0) is 19.4. The van der Waals surface area contributed by atoms with Gasteiger partial charge in [0.05, 0.1) is 17.4 Å². The molecule has 0 saturated heterocycles. The highest BCUT2D eigenvalue weighted by molar-refractivity contribution is 5.82. The van der Waals surface area contributed by atoms with Crippen molar-refractivity contribution in [3.63, 3.8) is 0 Å². The molecule has 0 unspecified atom stereocenters. The van der Waals surface area contributed by atoms with Crippen molar-refractivity contribution in [2.24, 2.45) is 7.05 Å². The van der Waals surface area contributed by atoms with Gasteiger partial charge in [-0.3, -0.25) is 0 Å². The Morgan fingerprint density at radius 2 is 1.96 bits per heavy atom. The highest BCUT2D eigenvalue weighted by atomic mass is 15.3. The van der Waals surface area contributed by atoms with Gasteiger partial charge in [-0.2, -0.15) is 0 Å². The molecule has 4 aromatic heterocycles. The van der Waals surface area contributed by atoms with Crippen molar-refractivity contribution >= 4 is 22.6 Å². The van der Waals surface area contributed by atoms with Crippen molar-refractivity contribution in [1.82, 2.24) is 34.0 Å². The Labute approximate surface area is 163 Å². The highest BCUT2D eigenvalue weighted by Crippen LogP contribution is 2.28. The van der Waals surface area contributed by atoms with Gasteiger partial charge < -0.3 is 14.8 Å². The Hall–Kier alpha value is -3.00. The van der Waals surface area contributed by atoms with Crippen LogP contribution < -0.4 is 5.32 Å². The summed E-state index contributed by atoms with van der Waals surface area (Å²) < 4.78 is 3.88. The Morgan fingerprint density at radius 3 is 2.75 bits per heavy atom. The number of nitrogens with one attached hydrogen (secondary N) is 1. The smallest absolute Gasteiger partial charge is 0.241 e. The molecule has 0 spiro atoms. The van der Waals surface area contributed by atoms with Crippen molar-refractivity contribution in [1.29, 1.82) is 0 Å². The van der Waals surface area contributed by atoms with Crippen LogP contribution in [0, 0.1) is 6.92 Å². The van der Waals surface area contributed by atoms with Gasteiger partial charge in [0, 0.05) is 30.9 Å². The molecule has 8 heteroatoms. The standard InChI is InChI=1S/C20H24N8/c1-12-22-17-6-5-16(24-19(17)27(12)4)15-7-8-28-18(15)11-21-20(25-28)23-13-9-14(10-13)26(2)3/h5-8,11,13-14H,9-10H2,1-4H3,(H,23,25). The van der Waals surface area contributed by atoms with E-state index in [1.807, 2.05) is 53.6 Å². The second kappa shape index (κ2) is 6.27. The first-order chi connectivity index (χ1) is 13.5. The fourth-order valence-electron chi connectivity index (χ4n) is 3.82. The van der Waals surface area contributed by atoms with E-state index in [1.54, 1.807) is 0 Å². The van der Waals surface area contributed by atoms with E-state index in [9.17, 15) is 0 Å². The first kappa shape index (κ1) is 17.1. The van der Waals surface area contributed by atoms with E-state index in [-0.39, 0.29) is 0 Å². The topological polar surface area (TPSA) is 76.2 Å². The normalized spacial score (nSPS) is 19.5. The van der Waals surface area contributed by atoms with E-state index < -0.39 is 0 Å². The number of fused-ring (bicyclic) bond motifs is 2. The van der Waals surface area contributed by atoms with Gasteiger partial charge in [-0.15, -0.1) is 5.10 Å². The molecule has 1 aliphatic carbocycles. The third-order valence-electron chi connectivity index (χ3n) is 5.81. The van der Waals surface area contributed by atoms with E-state index in [0.29, 0.717) is 18.0 Å². The van der Waals surface area contributed by atoms with Gasteiger partial charge in [-0.05, 0) is 52.1 Å². The lowest BCUT2D eigenvalue weighted by atomic mass is 9.86. The number of pyridine rings is 1. The van der Waals surface area contributed by atoms with E-state index in [2.05, 4.69) is 39.4 Å². The summed E-state index contributed by atoms with van der Waals surface area (Å²) in [5.41, 5.74) is 4.65. The van der Waals surface area contributed by atoms with E-state index in [1.165, 1.54) is 0 Å². The van der Waals surface area contributed by atoms with Crippen LogP contribution in [0.5, 0.6) is 0 Å². The van der Waals surface area contributed by atoms with Crippen molar-refractivity contribution < 1.29 is 0 Å². The summed E-state index contributed by atoms with van der Waals surface area (Å²) in [6.07, 6.45) is 6.08. The second-order valence-corrected chi connectivity index (χ2v) is 7.83. The number of hydrogen-bond acceptors (Lipinski definition) is 6. The van der Waals surface area contributed by atoms with Crippen LogP contribution in [0.15, 0.2) is 30.6 Å². The fourth-order valence-corrected chi connectivity index (χ4v) is 3.82. The third kappa shape index (κ3) is 2.72. The number of aryl methyl sites for hydroxylation is 2. The molecular formula is C20H24N8. The maximum absolute atomic E-state index is 4.82. The molecule has 1 aliphatic rings. The summed E-state index contributed by atoms with van der Waals surface area (Å²) in [5, 5.41) is 8.07. The number of imidazole rings is 1. The fraction of sp³-hybridized carbons (Fsp3) is 0.400. The van der Waals surface area contributed by atoms with Crippen LogP contribution in [0.1, 0.15) is 18.7 Å². The minimum absolute atomic E-state index is 0.442. The SMILES string of the molecule is Cc1nc2ccc(-c3ccn4nc(NC5CC(N(C)C)C5)ncc34)nc2n1C. The summed E-state index contributed by atoms with van der Waals surface area (Å²) in [4.78, 5) is 16.2. The molecule has 144 valence electrons. The van der Waals surface area contributed by atoms with E-state index in [4.69, 9.17) is 4.98 Å². The molecule has 0 bridgehead atoms. The number of nitrogens with zero attached hydrogens (tertiary/aromatic N) is 7. The number of hydrogen-bond donors (Lipinski definition) is 1. The van der Waals surface area contributed by atoms with Gasteiger partial charge in [0.25, 0.3) is 0 Å². The zero-order valence-electron chi connectivity index (χ0n) is 16.6. The van der Waals surface area contributed by atoms with Gasteiger partial charge >= 0.3 is 0 Å². The van der Waals surface area contributed by atoms with Crippen molar-refractivity contribution in [2.75, 3.05) is 19.4 Å². The molecule has 0 amide bonds. The minimum atomic E-state index is 0.442. The summed E-state index contributed by atoms with van der Waals surface area (Å²) in [6.45, 7) is 1.99.